The van der Waals surface area contributed by atoms with Crippen LogP contribution in [0.25, 0.3) is 0 Å². The lowest BCUT2D eigenvalue weighted by Gasteiger charge is -2.47. The summed E-state index contributed by atoms with van der Waals surface area (Å²) in [6.45, 7) is 0.758. The highest BCUT2D eigenvalue weighted by Gasteiger charge is 2.38. The third-order valence-corrected chi connectivity index (χ3v) is 4.19. The molecule has 0 aromatic carbocycles. The highest BCUT2D eigenvalue weighted by Crippen LogP contribution is 2.36. The molecule has 19 heavy (non-hydrogen) atoms. The van der Waals surface area contributed by atoms with Gasteiger partial charge in [-0.15, -0.1) is 0 Å². The minimum atomic E-state index is -1.11. The van der Waals surface area contributed by atoms with Crippen LogP contribution < -0.4 is 5.32 Å². The Balaban J connectivity index is 2.08. The maximum Gasteiger partial charge on any atom is 0.356 e. The first-order valence-corrected chi connectivity index (χ1v) is 6.63. The molecule has 0 atom stereocenters. The number of anilines is 1. The molecule has 0 bridgehead atoms. The molecular formula is C13H18ClN3O2. The van der Waals surface area contributed by atoms with Gasteiger partial charge in [-0.25, -0.2) is 9.78 Å². The summed E-state index contributed by atoms with van der Waals surface area (Å²) in [5, 5.41) is 12.4. The van der Waals surface area contributed by atoms with Gasteiger partial charge in [0, 0.05) is 12.1 Å². The largest absolute Gasteiger partial charge is 0.476 e. The molecule has 1 fully saturated rings. The van der Waals surface area contributed by atoms with Crippen molar-refractivity contribution in [1.29, 1.82) is 0 Å². The van der Waals surface area contributed by atoms with Gasteiger partial charge in [-0.1, -0.05) is 11.6 Å². The number of pyridine rings is 1. The molecule has 1 aliphatic carbocycles. The molecular weight excluding hydrogens is 266 g/mol. The topological polar surface area (TPSA) is 65.5 Å². The SMILES string of the molecule is CN(C)C1(CNc2ccc(Cl)c(C(=O)O)n2)CCC1. The fourth-order valence-corrected chi connectivity index (χ4v) is 2.50. The minimum Gasteiger partial charge on any atom is -0.476 e. The lowest BCUT2D eigenvalue weighted by atomic mass is 9.75. The Morgan fingerprint density at radius 3 is 2.68 bits per heavy atom. The summed E-state index contributed by atoms with van der Waals surface area (Å²) in [6, 6.07) is 3.26. The molecule has 1 heterocycles. The molecule has 5 nitrogen and oxygen atoms in total. The van der Waals surface area contributed by atoms with E-state index in [0.717, 1.165) is 19.4 Å². The number of aromatic carboxylic acids is 1. The zero-order valence-corrected chi connectivity index (χ0v) is 11.9. The van der Waals surface area contributed by atoms with Crippen LogP contribution >= 0.6 is 11.6 Å². The highest BCUT2D eigenvalue weighted by atomic mass is 35.5. The number of nitrogens with one attached hydrogen (secondary N) is 1. The Kier molecular flexibility index (Phi) is 3.96. The molecule has 0 unspecified atom stereocenters. The molecule has 1 aliphatic rings. The van der Waals surface area contributed by atoms with Gasteiger partial charge >= 0.3 is 5.97 Å². The predicted octanol–water partition coefficient (Wildman–Crippen LogP) is 2.33. The lowest BCUT2D eigenvalue weighted by molar-refractivity contribution is 0.0690. The first kappa shape index (κ1) is 14.1. The van der Waals surface area contributed by atoms with Crippen LogP contribution in [0, 0.1) is 0 Å². The van der Waals surface area contributed by atoms with E-state index in [1.165, 1.54) is 6.42 Å². The number of hydrogen-bond acceptors (Lipinski definition) is 4. The lowest BCUT2D eigenvalue weighted by Crippen LogP contribution is -2.54. The van der Waals surface area contributed by atoms with Crippen LogP contribution in [0.15, 0.2) is 12.1 Å². The Labute approximate surface area is 117 Å². The van der Waals surface area contributed by atoms with Gasteiger partial charge in [0.2, 0.25) is 0 Å². The second-order valence-corrected chi connectivity index (χ2v) is 5.57. The summed E-state index contributed by atoms with van der Waals surface area (Å²) in [5.41, 5.74) is 0.0456. The molecule has 6 heteroatoms. The number of nitrogens with zero attached hydrogens (tertiary/aromatic N) is 2. The fraction of sp³-hybridized carbons (Fsp3) is 0.538. The average molecular weight is 284 g/mol. The fourth-order valence-electron chi connectivity index (χ4n) is 2.31. The number of carboxylic acids is 1. The van der Waals surface area contributed by atoms with Crippen molar-refractivity contribution in [3.8, 4) is 0 Å². The van der Waals surface area contributed by atoms with E-state index in [1.54, 1.807) is 12.1 Å². The summed E-state index contributed by atoms with van der Waals surface area (Å²) >= 11 is 5.79. The predicted molar refractivity (Wildman–Crippen MR) is 75.0 cm³/mol. The van der Waals surface area contributed by atoms with E-state index < -0.39 is 5.97 Å². The van der Waals surface area contributed by atoms with Gasteiger partial charge in [-0.05, 0) is 45.5 Å². The quantitative estimate of drug-likeness (QED) is 0.868. The van der Waals surface area contributed by atoms with Gasteiger partial charge in [0.1, 0.15) is 5.82 Å². The Hall–Kier alpha value is -1.33. The van der Waals surface area contributed by atoms with Gasteiger partial charge in [0.25, 0.3) is 0 Å². The smallest absolute Gasteiger partial charge is 0.356 e. The number of hydrogen-bond donors (Lipinski definition) is 2. The highest BCUT2D eigenvalue weighted by molar-refractivity contribution is 6.33. The van der Waals surface area contributed by atoms with Crippen LogP contribution in [-0.4, -0.2) is 47.1 Å². The van der Waals surface area contributed by atoms with Crippen molar-refractivity contribution in [2.24, 2.45) is 0 Å². The molecule has 0 radical (unpaired) electrons. The van der Waals surface area contributed by atoms with Gasteiger partial charge in [0.05, 0.1) is 5.02 Å². The van der Waals surface area contributed by atoms with E-state index in [4.69, 9.17) is 16.7 Å². The van der Waals surface area contributed by atoms with E-state index in [-0.39, 0.29) is 16.3 Å². The first-order valence-electron chi connectivity index (χ1n) is 6.26. The van der Waals surface area contributed by atoms with E-state index in [2.05, 4.69) is 29.3 Å². The summed E-state index contributed by atoms with van der Waals surface area (Å²) in [5.74, 6) is -0.561. The van der Waals surface area contributed by atoms with Gasteiger partial charge < -0.3 is 15.3 Å². The minimum absolute atomic E-state index is 0.112. The van der Waals surface area contributed by atoms with E-state index in [9.17, 15) is 4.79 Å². The molecule has 0 spiro atoms. The first-order chi connectivity index (χ1) is 8.94. The molecule has 104 valence electrons. The van der Waals surface area contributed by atoms with Gasteiger partial charge in [-0.3, -0.25) is 0 Å². The number of aromatic nitrogens is 1. The zero-order valence-electron chi connectivity index (χ0n) is 11.1. The molecule has 0 amide bonds. The summed E-state index contributed by atoms with van der Waals surface area (Å²) in [7, 11) is 4.14. The zero-order chi connectivity index (χ0) is 14.0. The van der Waals surface area contributed by atoms with Crippen LogP contribution in [0.5, 0.6) is 0 Å². The van der Waals surface area contributed by atoms with Crippen molar-refractivity contribution in [3.63, 3.8) is 0 Å². The van der Waals surface area contributed by atoms with Gasteiger partial charge in [-0.2, -0.15) is 0 Å². The van der Waals surface area contributed by atoms with Crippen LogP contribution in [0.4, 0.5) is 5.82 Å². The van der Waals surface area contributed by atoms with Crippen molar-refractivity contribution in [2.75, 3.05) is 26.0 Å². The van der Waals surface area contributed by atoms with Crippen LogP contribution in [0.1, 0.15) is 29.8 Å². The molecule has 2 rings (SSSR count). The Morgan fingerprint density at radius 2 is 2.21 bits per heavy atom. The van der Waals surface area contributed by atoms with E-state index in [1.807, 2.05) is 0 Å². The van der Waals surface area contributed by atoms with Gasteiger partial charge in [0.15, 0.2) is 5.69 Å². The number of rotatable bonds is 5. The average Bonchev–Trinajstić information content (AvgIpc) is 2.28. The monoisotopic (exact) mass is 283 g/mol. The number of halogens is 1. The molecule has 1 aromatic heterocycles. The molecule has 1 aromatic rings. The second kappa shape index (κ2) is 5.35. The normalized spacial score (nSPS) is 17.1. The van der Waals surface area contributed by atoms with Crippen molar-refractivity contribution in [2.45, 2.75) is 24.8 Å². The standard InChI is InChI=1S/C13H18ClN3O2/c1-17(2)13(6-3-7-13)8-15-10-5-4-9(14)11(16-10)12(18)19/h4-5H,3,6-8H2,1-2H3,(H,15,16)(H,18,19). The van der Waals surface area contributed by atoms with Crippen molar-refractivity contribution in [1.82, 2.24) is 9.88 Å². The molecule has 1 saturated carbocycles. The molecule has 0 aliphatic heterocycles. The maximum absolute atomic E-state index is 11.0. The second-order valence-electron chi connectivity index (χ2n) is 5.16. The van der Waals surface area contributed by atoms with Crippen LogP contribution in [-0.2, 0) is 0 Å². The van der Waals surface area contributed by atoms with Crippen molar-refractivity contribution < 1.29 is 9.90 Å². The summed E-state index contributed by atoms with van der Waals surface area (Å²) in [4.78, 5) is 17.2. The summed E-state index contributed by atoms with van der Waals surface area (Å²) in [6.07, 6.45) is 3.52. The van der Waals surface area contributed by atoms with Crippen molar-refractivity contribution in [3.05, 3.63) is 22.8 Å². The van der Waals surface area contributed by atoms with Crippen LogP contribution in [0.2, 0.25) is 5.02 Å². The number of carbonyl (C=O) groups is 1. The Morgan fingerprint density at radius 1 is 1.53 bits per heavy atom. The molecule has 0 saturated heterocycles. The third-order valence-electron chi connectivity index (χ3n) is 3.88. The Bertz CT molecular complexity index is 487. The summed E-state index contributed by atoms with van der Waals surface area (Å²) < 4.78 is 0. The number of carboxylic acid groups (broad SMARTS) is 1. The van der Waals surface area contributed by atoms with E-state index >= 15 is 0 Å². The van der Waals surface area contributed by atoms with E-state index in [0.29, 0.717) is 5.82 Å². The van der Waals surface area contributed by atoms with Crippen molar-refractivity contribution >= 4 is 23.4 Å². The molecule has 2 N–H and O–H groups in total. The third kappa shape index (κ3) is 2.82. The number of likely N-dealkylation sites (N-methyl/N-ethyl adjacent to an activating group) is 1. The van der Waals surface area contributed by atoms with Crippen LogP contribution in [0.3, 0.4) is 0 Å². The maximum atomic E-state index is 11.0.